The van der Waals surface area contributed by atoms with E-state index in [-0.39, 0.29) is 0 Å². The Hall–Kier alpha value is -0.0800. The van der Waals surface area contributed by atoms with Gasteiger partial charge >= 0.3 is 0 Å². The lowest BCUT2D eigenvalue weighted by molar-refractivity contribution is -0.0662. The lowest BCUT2D eigenvalue weighted by Crippen LogP contribution is -2.41. The Morgan fingerprint density at radius 3 is 2.44 bits per heavy atom. The van der Waals surface area contributed by atoms with E-state index in [2.05, 4.69) is 25.8 Å². The number of rotatable bonds is 0. The summed E-state index contributed by atoms with van der Waals surface area (Å²) < 4.78 is 5.32. The van der Waals surface area contributed by atoms with Crippen LogP contribution in [0.15, 0.2) is 0 Å². The molecule has 0 saturated carbocycles. The van der Waals surface area contributed by atoms with E-state index in [4.69, 9.17) is 4.74 Å². The highest BCUT2D eigenvalue weighted by molar-refractivity contribution is 4.73. The average molecular weight is 129 g/mol. The minimum Gasteiger partial charge on any atom is -0.365 e. The molecule has 1 saturated heterocycles. The maximum absolute atomic E-state index is 5.32. The molecule has 54 valence electrons. The van der Waals surface area contributed by atoms with E-state index in [0.717, 1.165) is 19.9 Å². The van der Waals surface area contributed by atoms with Crippen molar-refractivity contribution in [2.45, 2.75) is 13.8 Å². The SMILES string of the molecule is CN1COCC(C)(C)C1. The van der Waals surface area contributed by atoms with E-state index in [1.165, 1.54) is 0 Å². The van der Waals surface area contributed by atoms with Crippen LogP contribution < -0.4 is 0 Å². The van der Waals surface area contributed by atoms with Gasteiger partial charge in [-0.2, -0.15) is 0 Å². The minimum absolute atomic E-state index is 0.354. The van der Waals surface area contributed by atoms with Gasteiger partial charge in [0, 0.05) is 12.0 Å². The Labute approximate surface area is 56.8 Å². The van der Waals surface area contributed by atoms with Crippen LogP contribution in [0.2, 0.25) is 0 Å². The Kier molecular flexibility index (Phi) is 1.78. The molecule has 0 aliphatic carbocycles. The van der Waals surface area contributed by atoms with Crippen molar-refractivity contribution >= 4 is 0 Å². The third-order valence-corrected chi connectivity index (χ3v) is 1.50. The van der Waals surface area contributed by atoms with E-state index >= 15 is 0 Å². The lowest BCUT2D eigenvalue weighted by Gasteiger charge is -2.35. The summed E-state index contributed by atoms with van der Waals surface area (Å²) in [6, 6.07) is 0. The first kappa shape index (κ1) is 7.03. The lowest BCUT2D eigenvalue weighted by atomic mass is 9.93. The third-order valence-electron chi connectivity index (χ3n) is 1.50. The van der Waals surface area contributed by atoms with Crippen LogP contribution in [0.4, 0.5) is 0 Å². The molecule has 0 aromatic rings. The van der Waals surface area contributed by atoms with Gasteiger partial charge in [0.05, 0.1) is 13.3 Å². The summed E-state index contributed by atoms with van der Waals surface area (Å²) in [7, 11) is 2.08. The maximum Gasteiger partial charge on any atom is 0.0988 e. The van der Waals surface area contributed by atoms with Gasteiger partial charge in [-0.05, 0) is 7.05 Å². The molecule has 2 heteroatoms. The molecule has 9 heavy (non-hydrogen) atoms. The molecule has 1 rings (SSSR count). The highest BCUT2D eigenvalue weighted by Crippen LogP contribution is 2.20. The van der Waals surface area contributed by atoms with E-state index in [1.54, 1.807) is 0 Å². The fourth-order valence-electron chi connectivity index (χ4n) is 1.30. The smallest absolute Gasteiger partial charge is 0.0988 e. The van der Waals surface area contributed by atoms with Crippen LogP contribution in [0.25, 0.3) is 0 Å². The molecule has 0 bridgehead atoms. The molecule has 0 amide bonds. The second kappa shape index (κ2) is 2.27. The van der Waals surface area contributed by atoms with Gasteiger partial charge in [-0.1, -0.05) is 13.8 Å². The highest BCUT2D eigenvalue weighted by Gasteiger charge is 2.24. The van der Waals surface area contributed by atoms with Gasteiger partial charge in [0.25, 0.3) is 0 Å². The van der Waals surface area contributed by atoms with E-state index in [9.17, 15) is 0 Å². The zero-order valence-corrected chi connectivity index (χ0v) is 6.48. The van der Waals surface area contributed by atoms with Crippen LogP contribution in [0.1, 0.15) is 13.8 Å². The van der Waals surface area contributed by atoms with Gasteiger partial charge in [-0.15, -0.1) is 0 Å². The first-order valence-electron chi connectivity index (χ1n) is 3.36. The summed E-state index contributed by atoms with van der Waals surface area (Å²) in [6.07, 6.45) is 0. The Balaban J connectivity index is 2.41. The van der Waals surface area contributed by atoms with Crippen molar-refractivity contribution in [3.63, 3.8) is 0 Å². The molecule has 0 atom stereocenters. The topological polar surface area (TPSA) is 12.5 Å². The van der Waals surface area contributed by atoms with Crippen molar-refractivity contribution in [1.29, 1.82) is 0 Å². The second-order valence-corrected chi connectivity index (χ2v) is 3.66. The standard InChI is InChI=1S/C7H15NO/c1-7(2)4-8(3)6-9-5-7/h4-6H2,1-3H3. The van der Waals surface area contributed by atoms with Crippen LogP contribution in [0.3, 0.4) is 0 Å². The largest absolute Gasteiger partial charge is 0.365 e. The first-order valence-corrected chi connectivity index (χ1v) is 3.36. The summed E-state index contributed by atoms with van der Waals surface area (Å²) in [5.41, 5.74) is 0.354. The average Bonchev–Trinajstić information content (AvgIpc) is 1.60. The fraction of sp³-hybridized carbons (Fsp3) is 1.00. The summed E-state index contributed by atoms with van der Waals surface area (Å²) in [5.74, 6) is 0. The highest BCUT2D eigenvalue weighted by atomic mass is 16.5. The summed E-state index contributed by atoms with van der Waals surface area (Å²) >= 11 is 0. The quantitative estimate of drug-likeness (QED) is 0.482. The number of hydrogen-bond acceptors (Lipinski definition) is 2. The van der Waals surface area contributed by atoms with Crippen molar-refractivity contribution in [2.75, 3.05) is 26.9 Å². The van der Waals surface area contributed by atoms with Gasteiger partial charge < -0.3 is 4.74 Å². The summed E-state index contributed by atoms with van der Waals surface area (Å²) in [6.45, 7) is 7.29. The summed E-state index contributed by atoms with van der Waals surface area (Å²) in [5, 5.41) is 0. The Morgan fingerprint density at radius 1 is 1.44 bits per heavy atom. The maximum atomic E-state index is 5.32. The molecule has 0 radical (unpaired) electrons. The van der Waals surface area contributed by atoms with Crippen molar-refractivity contribution in [3.05, 3.63) is 0 Å². The normalized spacial score (nSPS) is 28.3. The molecule has 0 aromatic heterocycles. The molecular weight excluding hydrogens is 114 g/mol. The van der Waals surface area contributed by atoms with Crippen molar-refractivity contribution in [3.8, 4) is 0 Å². The first-order chi connectivity index (χ1) is 4.10. The Bertz CT molecular complexity index is 101. The number of ether oxygens (including phenoxy) is 1. The van der Waals surface area contributed by atoms with Crippen molar-refractivity contribution in [2.24, 2.45) is 5.41 Å². The molecule has 1 heterocycles. The molecular formula is C7H15NO. The monoisotopic (exact) mass is 129 g/mol. The molecule has 1 fully saturated rings. The molecule has 1 aliphatic rings. The van der Waals surface area contributed by atoms with Gasteiger partial charge in [0.2, 0.25) is 0 Å². The van der Waals surface area contributed by atoms with Gasteiger partial charge in [-0.25, -0.2) is 0 Å². The van der Waals surface area contributed by atoms with Gasteiger partial charge in [0.15, 0.2) is 0 Å². The van der Waals surface area contributed by atoms with Gasteiger partial charge in [-0.3, -0.25) is 4.90 Å². The van der Waals surface area contributed by atoms with Crippen LogP contribution in [-0.2, 0) is 4.74 Å². The molecule has 2 nitrogen and oxygen atoms in total. The van der Waals surface area contributed by atoms with E-state index in [1.807, 2.05) is 0 Å². The zero-order valence-electron chi connectivity index (χ0n) is 6.48. The molecule has 0 aromatic carbocycles. The van der Waals surface area contributed by atoms with E-state index < -0.39 is 0 Å². The van der Waals surface area contributed by atoms with Crippen LogP contribution in [-0.4, -0.2) is 31.8 Å². The Morgan fingerprint density at radius 2 is 2.11 bits per heavy atom. The predicted octanol–water partition coefficient (Wildman–Crippen LogP) is 0.932. The number of hydrogen-bond donors (Lipinski definition) is 0. The van der Waals surface area contributed by atoms with Crippen LogP contribution >= 0.6 is 0 Å². The second-order valence-electron chi connectivity index (χ2n) is 3.66. The van der Waals surface area contributed by atoms with E-state index in [0.29, 0.717) is 5.41 Å². The summed E-state index contributed by atoms with van der Waals surface area (Å²) in [4.78, 5) is 2.20. The third kappa shape index (κ3) is 1.95. The van der Waals surface area contributed by atoms with Crippen molar-refractivity contribution < 1.29 is 4.74 Å². The zero-order chi connectivity index (χ0) is 6.91. The molecule has 0 unspecified atom stereocenters. The van der Waals surface area contributed by atoms with Gasteiger partial charge in [0.1, 0.15) is 0 Å². The molecule has 0 N–H and O–H groups in total. The predicted molar refractivity (Wildman–Crippen MR) is 37.2 cm³/mol. The fourth-order valence-corrected chi connectivity index (χ4v) is 1.30. The number of nitrogens with zero attached hydrogens (tertiary/aromatic N) is 1. The molecule has 1 aliphatic heterocycles. The van der Waals surface area contributed by atoms with Crippen LogP contribution in [0.5, 0.6) is 0 Å². The molecule has 0 spiro atoms. The van der Waals surface area contributed by atoms with Crippen molar-refractivity contribution in [1.82, 2.24) is 4.90 Å². The van der Waals surface area contributed by atoms with Crippen LogP contribution in [0, 0.1) is 5.41 Å². The minimum atomic E-state index is 0.354.